The van der Waals surface area contributed by atoms with Gasteiger partial charge in [-0.3, -0.25) is 19.2 Å². The third-order valence-electron chi connectivity index (χ3n) is 4.65. The van der Waals surface area contributed by atoms with E-state index in [2.05, 4.69) is 0 Å². The van der Waals surface area contributed by atoms with Crippen molar-refractivity contribution in [2.45, 2.75) is 40.0 Å². The van der Waals surface area contributed by atoms with Gasteiger partial charge < -0.3 is 4.74 Å². The molecule has 0 heterocycles. The summed E-state index contributed by atoms with van der Waals surface area (Å²) in [5.74, 6) is -1.38. The van der Waals surface area contributed by atoms with E-state index in [0.29, 0.717) is 17.4 Å². The lowest BCUT2D eigenvalue weighted by Gasteiger charge is -2.23. The normalized spacial score (nSPS) is 10.6. The number of carbonyl (C=O) groups is 4. The number of rotatable bonds is 8. The minimum atomic E-state index is -0.436. The summed E-state index contributed by atoms with van der Waals surface area (Å²) in [6.45, 7) is 6.62. The van der Waals surface area contributed by atoms with Gasteiger partial charge in [0.15, 0.2) is 23.6 Å². The quantitative estimate of drug-likeness (QED) is 0.492. The van der Waals surface area contributed by atoms with E-state index in [0.717, 1.165) is 0 Å². The van der Waals surface area contributed by atoms with Crippen molar-refractivity contribution in [1.82, 2.24) is 0 Å². The lowest BCUT2D eigenvalue weighted by Crippen LogP contribution is -2.21. The molecule has 0 aliphatic heterocycles. The zero-order valence-electron chi connectivity index (χ0n) is 16.8. The predicted molar refractivity (Wildman–Crippen MR) is 107 cm³/mol. The smallest absolute Gasteiger partial charge is 0.194 e. The van der Waals surface area contributed by atoms with Crippen LogP contribution in [0, 0.1) is 0 Å². The average Bonchev–Trinajstić information content (AvgIpc) is 2.70. The Labute approximate surface area is 164 Å². The minimum absolute atomic E-state index is 0.0138. The molecule has 0 amide bonds. The van der Waals surface area contributed by atoms with Crippen LogP contribution in [0.15, 0.2) is 30.3 Å². The molecule has 0 saturated heterocycles. The molecule has 146 valence electrons. The van der Waals surface area contributed by atoms with Gasteiger partial charge in [0.05, 0.1) is 18.2 Å². The molecule has 2 aromatic rings. The molecule has 0 aliphatic carbocycles. The first-order valence-electron chi connectivity index (χ1n) is 9.16. The first-order chi connectivity index (χ1) is 13.3. The number of ketones is 3. The van der Waals surface area contributed by atoms with Crippen LogP contribution in [-0.4, -0.2) is 30.7 Å². The summed E-state index contributed by atoms with van der Waals surface area (Å²) >= 11 is 0. The molecule has 5 heteroatoms. The summed E-state index contributed by atoms with van der Waals surface area (Å²) in [4.78, 5) is 50.8. The van der Waals surface area contributed by atoms with Gasteiger partial charge in [0, 0.05) is 23.1 Å². The van der Waals surface area contributed by atoms with Crippen LogP contribution >= 0.6 is 0 Å². The van der Waals surface area contributed by atoms with E-state index in [1.54, 1.807) is 37.3 Å². The Morgan fingerprint density at radius 3 is 2.07 bits per heavy atom. The highest BCUT2D eigenvalue weighted by molar-refractivity contribution is 6.22. The van der Waals surface area contributed by atoms with Crippen LogP contribution in [0.1, 0.15) is 92.6 Å². The number of hydrogen-bond donors (Lipinski definition) is 0. The van der Waals surface area contributed by atoms with E-state index < -0.39 is 11.6 Å². The Morgan fingerprint density at radius 1 is 1.04 bits per heavy atom. The van der Waals surface area contributed by atoms with E-state index in [9.17, 15) is 19.2 Å². The van der Waals surface area contributed by atoms with Crippen molar-refractivity contribution in [1.29, 1.82) is 0 Å². The zero-order chi connectivity index (χ0) is 21.0. The lowest BCUT2D eigenvalue weighted by molar-refractivity contribution is 0.0953. The average molecular weight is 380 g/mol. The fourth-order valence-electron chi connectivity index (χ4n) is 3.45. The molecule has 2 aromatic carbocycles. The molecule has 0 saturated carbocycles. The molecule has 0 bridgehead atoms. The van der Waals surface area contributed by atoms with Crippen molar-refractivity contribution in [3.63, 3.8) is 0 Å². The highest BCUT2D eigenvalue weighted by atomic mass is 16.5. The minimum Gasteiger partial charge on any atom is -0.495 e. The standard InChI is InChI=1S/C23H24O5/c1-6-17(26)20-19(14(4)25)23(28-5)16(12-24)18(13(2)3)21(20)22(27)15-10-8-7-9-11-15/h7-13H,6H2,1-5H3. The van der Waals surface area contributed by atoms with E-state index in [1.807, 2.05) is 13.8 Å². The SMILES string of the molecule is CCC(=O)c1c(C(C)=O)c(OC)c(C=O)c(C(C)C)c1C(=O)c1ccccc1. The summed E-state index contributed by atoms with van der Waals surface area (Å²) in [6.07, 6.45) is 0.694. The highest BCUT2D eigenvalue weighted by Crippen LogP contribution is 2.39. The summed E-state index contributed by atoms with van der Waals surface area (Å²) in [5.41, 5.74) is 1.07. The van der Waals surface area contributed by atoms with Gasteiger partial charge in [-0.05, 0) is 18.4 Å². The van der Waals surface area contributed by atoms with Crippen molar-refractivity contribution in [3.05, 3.63) is 63.7 Å². The van der Waals surface area contributed by atoms with Gasteiger partial charge in [0.2, 0.25) is 0 Å². The second kappa shape index (κ2) is 8.74. The predicted octanol–water partition coefficient (Wildman–Crippen LogP) is 4.66. The molecule has 0 aliphatic rings. The number of aldehydes is 1. The highest BCUT2D eigenvalue weighted by Gasteiger charge is 2.33. The number of methoxy groups -OCH3 is 1. The Balaban J connectivity index is 3.12. The van der Waals surface area contributed by atoms with Crippen LogP contribution < -0.4 is 4.74 Å². The van der Waals surface area contributed by atoms with Crippen LogP contribution in [0.2, 0.25) is 0 Å². The van der Waals surface area contributed by atoms with Gasteiger partial charge in [0.1, 0.15) is 5.75 Å². The van der Waals surface area contributed by atoms with Crippen molar-refractivity contribution in [3.8, 4) is 5.75 Å². The molecule has 0 N–H and O–H groups in total. The van der Waals surface area contributed by atoms with Crippen LogP contribution in [-0.2, 0) is 0 Å². The molecular weight excluding hydrogens is 356 g/mol. The van der Waals surface area contributed by atoms with Gasteiger partial charge in [-0.2, -0.15) is 0 Å². The third kappa shape index (κ3) is 3.65. The molecule has 0 fully saturated rings. The molecule has 0 radical (unpaired) electrons. The molecule has 2 rings (SSSR count). The maximum atomic E-state index is 13.4. The van der Waals surface area contributed by atoms with E-state index in [-0.39, 0.29) is 46.1 Å². The fraction of sp³-hybridized carbons (Fsp3) is 0.304. The topological polar surface area (TPSA) is 77.5 Å². The number of ether oxygens (including phenoxy) is 1. The summed E-state index contributed by atoms with van der Waals surface area (Å²) in [6, 6.07) is 8.51. The van der Waals surface area contributed by atoms with Crippen molar-refractivity contribution < 1.29 is 23.9 Å². The Kier molecular flexibility index (Phi) is 6.62. The lowest BCUT2D eigenvalue weighted by atomic mass is 9.80. The molecule has 0 unspecified atom stereocenters. The van der Waals surface area contributed by atoms with Crippen LogP contribution in [0.3, 0.4) is 0 Å². The van der Waals surface area contributed by atoms with Gasteiger partial charge >= 0.3 is 0 Å². The van der Waals surface area contributed by atoms with Gasteiger partial charge in [-0.1, -0.05) is 51.1 Å². The van der Waals surface area contributed by atoms with Gasteiger partial charge in [-0.25, -0.2) is 0 Å². The van der Waals surface area contributed by atoms with E-state index in [4.69, 9.17) is 4.74 Å². The maximum absolute atomic E-state index is 13.4. The molecule has 0 aromatic heterocycles. The van der Waals surface area contributed by atoms with Crippen LogP contribution in [0.4, 0.5) is 0 Å². The van der Waals surface area contributed by atoms with Crippen LogP contribution in [0.5, 0.6) is 5.75 Å². The van der Waals surface area contributed by atoms with Crippen molar-refractivity contribution in [2.75, 3.05) is 7.11 Å². The first kappa shape index (κ1) is 21.2. The maximum Gasteiger partial charge on any atom is 0.194 e. The molecule has 5 nitrogen and oxygen atoms in total. The number of Topliss-reactive ketones (excluding diaryl/α,β-unsaturated/α-hetero) is 2. The Bertz CT molecular complexity index is 939. The Morgan fingerprint density at radius 2 is 1.64 bits per heavy atom. The number of carbonyl (C=O) groups excluding carboxylic acids is 4. The van der Waals surface area contributed by atoms with Crippen molar-refractivity contribution >= 4 is 23.6 Å². The van der Waals surface area contributed by atoms with E-state index >= 15 is 0 Å². The zero-order valence-corrected chi connectivity index (χ0v) is 16.8. The summed E-state index contributed by atoms with van der Waals surface area (Å²) < 4.78 is 5.38. The van der Waals surface area contributed by atoms with Gasteiger partial charge in [0.25, 0.3) is 0 Å². The van der Waals surface area contributed by atoms with E-state index in [1.165, 1.54) is 14.0 Å². The second-order valence-electron chi connectivity index (χ2n) is 6.79. The number of hydrogen-bond acceptors (Lipinski definition) is 5. The largest absolute Gasteiger partial charge is 0.495 e. The molecular formula is C23H24O5. The first-order valence-corrected chi connectivity index (χ1v) is 9.16. The fourth-order valence-corrected chi connectivity index (χ4v) is 3.45. The molecule has 0 spiro atoms. The monoisotopic (exact) mass is 380 g/mol. The Hall–Kier alpha value is -3.08. The van der Waals surface area contributed by atoms with Gasteiger partial charge in [-0.15, -0.1) is 0 Å². The molecule has 28 heavy (non-hydrogen) atoms. The number of benzene rings is 2. The second-order valence-corrected chi connectivity index (χ2v) is 6.79. The summed E-state index contributed by atoms with van der Waals surface area (Å²) in [5, 5.41) is 0. The molecule has 0 atom stereocenters. The van der Waals surface area contributed by atoms with Crippen LogP contribution in [0.25, 0.3) is 0 Å². The summed E-state index contributed by atoms with van der Waals surface area (Å²) in [7, 11) is 1.35. The van der Waals surface area contributed by atoms with Crippen molar-refractivity contribution in [2.24, 2.45) is 0 Å². The third-order valence-corrected chi connectivity index (χ3v) is 4.65.